The molecule has 2 heterocycles. The zero-order chi connectivity index (χ0) is 22.9. The van der Waals surface area contributed by atoms with Gasteiger partial charge in [0.05, 0.1) is 16.3 Å². The number of benzene rings is 2. The Morgan fingerprint density at radius 2 is 1.59 bits per heavy atom. The van der Waals surface area contributed by atoms with E-state index in [4.69, 9.17) is 0 Å². The van der Waals surface area contributed by atoms with E-state index in [1.54, 1.807) is 23.4 Å². The molecule has 8 nitrogen and oxygen atoms in total. The summed E-state index contributed by atoms with van der Waals surface area (Å²) in [4.78, 5) is 14.4. The predicted octanol–water partition coefficient (Wildman–Crippen LogP) is 3.49. The quantitative estimate of drug-likeness (QED) is 0.638. The first kappa shape index (κ1) is 22.2. The van der Waals surface area contributed by atoms with E-state index < -0.39 is 15.9 Å². The summed E-state index contributed by atoms with van der Waals surface area (Å²) < 4.78 is 27.6. The van der Waals surface area contributed by atoms with Crippen molar-refractivity contribution in [2.45, 2.75) is 32.1 Å². The summed E-state index contributed by atoms with van der Waals surface area (Å²) in [6.07, 6.45) is 1.03. The normalized spacial score (nSPS) is 19.6. The molecule has 1 aliphatic heterocycles. The Bertz CT molecular complexity index is 1200. The number of anilines is 1. The second-order valence-electron chi connectivity index (χ2n) is 8.51. The minimum absolute atomic E-state index is 0.210. The monoisotopic (exact) mass is 453 g/mol. The van der Waals surface area contributed by atoms with Crippen LogP contribution in [-0.4, -0.2) is 46.7 Å². The summed E-state index contributed by atoms with van der Waals surface area (Å²) in [6.45, 7) is 6.93. The summed E-state index contributed by atoms with van der Waals surface area (Å²) in [5.74, 6) is 0.262. The fourth-order valence-corrected chi connectivity index (χ4v) is 5.80. The molecule has 168 valence electrons. The van der Waals surface area contributed by atoms with Crippen molar-refractivity contribution in [2.75, 3.05) is 18.4 Å². The van der Waals surface area contributed by atoms with Gasteiger partial charge in [0.15, 0.2) is 5.69 Å². The second-order valence-corrected chi connectivity index (χ2v) is 10.4. The van der Waals surface area contributed by atoms with Crippen molar-refractivity contribution in [3.05, 3.63) is 66.0 Å². The van der Waals surface area contributed by atoms with Crippen molar-refractivity contribution in [3.63, 3.8) is 0 Å². The Hall–Kier alpha value is -3.04. The number of carbonyl (C=O) groups excluding carboxylic acids is 1. The Kier molecular flexibility index (Phi) is 6.12. The van der Waals surface area contributed by atoms with Crippen LogP contribution < -0.4 is 5.32 Å². The lowest BCUT2D eigenvalue weighted by atomic mass is 9.94. The topological polar surface area (TPSA) is 97.2 Å². The van der Waals surface area contributed by atoms with Gasteiger partial charge in [-0.05, 0) is 61.6 Å². The van der Waals surface area contributed by atoms with Crippen LogP contribution in [0, 0.1) is 18.8 Å². The third kappa shape index (κ3) is 4.58. The molecule has 0 radical (unpaired) electrons. The van der Waals surface area contributed by atoms with Gasteiger partial charge < -0.3 is 5.32 Å². The molecule has 4 rings (SSSR count). The first-order chi connectivity index (χ1) is 15.2. The number of piperidine rings is 1. The van der Waals surface area contributed by atoms with Crippen LogP contribution in [0.3, 0.4) is 0 Å². The standard InChI is InChI=1S/C23H27N5O3S/c1-16-13-17(2)15-27(14-16)32(30,31)21-11-9-19(10-12-21)24-23(29)22-18(3)25-28(26-22)20-7-5-4-6-8-20/h4-12,16-17H,13-15H2,1-3H3,(H,24,29). The molecule has 1 amide bonds. The Morgan fingerprint density at radius 3 is 2.22 bits per heavy atom. The van der Waals surface area contributed by atoms with E-state index in [1.807, 2.05) is 30.3 Å². The van der Waals surface area contributed by atoms with Crippen LogP contribution in [0.25, 0.3) is 5.69 Å². The van der Waals surface area contributed by atoms with Gasteiger partial charge in [-0.25, -0.2) is 8.42 Å². The molecule has 2 unspecified atom stereocenters. The number of rotatable bonds is 5. The number of para-hydroxylation sites is 1. The largest absolute Gasteiger partial charge is 0.321 e. The molecule has 0 spiro atoms. The van der Waals surface area contributed by atoms with Crippen LogP contribution in [0.15, 0.2) is 59.5 Å². The fourth-order valence-electron chi connectivity index (χ4n) is 4.12. The lowest BCUT2D eigenvalue weighted by molar-refractivity contribution is 0.102. The lowest BCUT2D eigenvalue weighted by Gasteiger charge is -2.34. The zero-order valence-electron chi connectivity index (χ0n) is 18.4. The van der Waals surface area contributed by atoms with Crippen molar-refractivity contribution >= 4 is 21.6 Å². The number of aryl methyl sites for hydroxylation is 1. The van der Waals surface area contributed by atoms with Gasteiger partial charge in [-0.1, -0.05) is 32.0 Å². The molecular weight excluding hydrogens is 426 g/mol. The van der Waals surface area contributed by atoms with Crippen molar-refractivity contribution in [1.29, 1.82) is 0 Å². The summed E-state index contributed by atoms with van der Waals surface area (Å²) in [5.41, 5.74) is 1.95. The first-order valence-electron chi connectivity index (χ1n) is 10.6. The summed E-state index contributed by atoms with van der Waals surface area (Å²) in [7, 11) is -3.56. The molecular formula is C23H27N5O3S. The molecule has 2 aromatic carbocycles. The van der Waals surface area contributed by atoms with Gasteiger partial charge in [0.1, 0.15) is 0 Å². The molecule has 0 bridgehead atoms. The molecule has 0 saturated carbocycles. The number of hydrogen-bond acceptors (Lipinski definition) is 5. The number of aromatic nitrogens is 3. The van der Waals surface area contributed by atoms with E-state index in [1.165, 1.54) is 16.9 Å². The Morgan fingerprint density at radius 1 is 0.969 bits per heavy atom. The molecule has 3 aromatic rings. The minimum Gasteiger partial charge on any atom is -0.321 e. The average Bonchev–Trinajstić information content (AvgIpc) is 3.16. The molecule has 0 aliphatic carbocycles. The highest BCUT2D eigenvalue weighted by Crippen LogP contribution is 2.27. The van der Waals surface area contributed by atoms with Gasteiger partial charge >= 0.3 is 0 Å². The zero-order valence-corrected chi connectivity index (χ0v) is 19.2. The van der Waals surface area contributed by atoms with Crippen LogP contribution in [0.4, 0.5) is 5.69 Å². The average molecular weight is 454 g/mol. The first-order valence-corrected chi connectivity index (χ1v) is 12.1. The van der Waals surface area contributed by atoms with E-state index in [2.05, 4.69) is 29.4 Å². The van der Waals surface area contributed by atoms with Crippen molar-refractivity contribution in [2.24, 2.45) is 11.8 Å². The highest BCUT2D eigenvalue weighted by atomic mass is 32.2. The number of sulfonamides is 1. The molecule has 9 heteroatoms. The van der Waals surface area contributed by atoms with Gasteiger partial charge in [-0.3, -0.25) is 4.79 Å². The Labute approximate surface area is 188 Å². The summed E-state index contributed by atoms with van der Waals surface area (Å²) in [5, 5.41) is 11.4. The van der Waals surface area contributed by atoms with E-state index in [0.29, 0.717) is 36.3 Å². The molecule has 1 saturated heterocycles. The van der Waals surface area contributed by atoms with Gasteiger partial charge in [0.25, 0.3) is 5.91 Å². The predicted molar refractivity (Wildman–Crippen MR) is 122 cm³/mol. The summed E-state index contributed by atoms with van der Waals surface area (Å²) >= 11 is 0. The molecule has 1 aromatic heterocycles. The Balaban J connectivity index is 1.48. The smallest absolute Gasteiger partial charge is 0.278 e. The van der Waals surface area contributed by atoms with Crippen molar-refractivity contribution in [3.8, 4) is 5.69 Å². The van der Waals surface area contributed by atoms with Crippen molar-refractivity contribution in [1.82, 2.24) is 19.3 Å². The molecule has 2 atom stereocenters. The maximum absolute atomic E-state index is 13.0. The van der Waals surface area contributed by atoms with Gasteiger partial charge in [-0.15, -0.1) is 5.10 Å². The van der Waals surface area contributed by atoms with Crippen LogP contribution in [0.1, 0.15) is 36.5 Å². The molecule has 32 heavy (non-hydrogen) atoms. The maximum Gasteiger partial charge on any atom is 0.278 e. The third-order valence-electron chi connectivity index (χ3n) is 5.57. The number of nitrogens with zero attached hydrogens (tertiary/aromatic N) is 4. The maximum atomic E-state index is 13.0. The minimum atomic E-state index is -3.56. The van der Waals surface area contributed by atoms with E-state index in [9.17, 15) is 13.2 Å². The summed E-state index contributed by atoms with van der Waals surface area (Å²) in [6, 6.07) is 15.6. The van der Waals surface area contributed by atoms with E-state index in [0.717, 1.165) is 12.1 Å². The number of carbonyl (C=O) groups is 1. The fraction of sp³-hybridized carbons (Fsp3) is 0.348. The van der Waals surface area contributed by atoms with Gasteiger partial charge in [-0.2, -0.15) is 14.2 Å². The van der Waals surface area contributed by atoms with E-state index >= 15 is 0 Å². The van der Waals surface area contributed by atoms with Gasteiger partial charge in [0.2, 0.25) is 10.0 Å². The highest BCUT2D eigenvalue weighted by molar-refractivity contribution is 7.89. The van der Waals surface area contributed by atoms with Gasteiger partial charge in [0, 0.05) is 18.8 Å². The third-order valence-corrected chi connectivity index (χ3v) is 7.42. The van der Waals surface area contributed by atoms with Crippen LogP contribution in [0.5, 0.6) is 0 Å². The molecule has 1 N–H and O–H groups in total. The number of nitrogens with one attached hydrogen (secondary N) is 1. The molecule has 1 aliphatic rings. The van der Waals surface area contributed by atoms with Crippen molar-refractivity contribution < 1.29 is 13.2 Å². The van der Waals surface area contributed by atoms with Crippen LogP contribution in [0.2, 0.25) is 0 Å². The van der Waals surface area contributed by atoms with Crippen LogP contribution >= 0.6 is 0 Å². The molecule has 1 fully saturated rings. The lowest BCUT2D eigenvalue weighted by Crippen LogP contribution is -2.42. The number of amides is 1. The van der Waals surface area contributed by atoms with E-state index in [-0.39, 0.29) is 10.6 Å². The SMILES string of the molecule is Cc1nn(-c2ccccc2)nc1C(=O)Nc1ccc(S(=O)(=O)N2CC(C)CC(C)C2)cc1. The number of hydrogen-bond donors (Lipinski definition) is 1. The second kappa shape index (κ2) is 8.84. The van der Waals surface area contributed by atoms with Crippen LogP contribution in [-0.2, 0) is 10.0 Å². The highest BCUT2D eigenvalue weighted by Gasteiger charge is 2.31.